The van der Waals surface area contributed by atoms with Crippen molar-refractivity contribution in [2.24, 2.45) is 0 Å². The lowest BCUT2D eigenvalue weighted by molar-refractivity contribution is -0.116. The van der Waals surface area contributed by atoms with E-state index in [1.807, 2.05) is 6.92 Å². The first-order valence-electron chi connectivity index (χ1n) is 7.06. The average Bonchev–Trinajstić information content (AvgIpc) is 2.37. The predicted molar refractivity (Wildman–Crippen MR) is 78.6 cm³/mol. The molecule has 1 atom stereocenters. The van der Waals surface area contributed by atoms with Crippen LogP contribution in [0.4, 0.5) is 4.39 Å². The predicted octanol–water partition coefficient (Wildman–Crippen LogP) is 3.11. The second-order valence-corrected chi connectivity index (χ2v) is 5.45. The van der Waals surface area contributed by atoms with Crippen LogP contribution in [0.3, 0.4) is 0 Å². The molecule has 0 aromatic heterocycles. The van der Waals surface area contributed by atoms with Crippen molar-refractivity contribution in [3.63, 3.8) is 0 Å². The molecule has 0 saturated heterocycles. The van der Waals surface area contributed by atoms with E-state index in [1.165, 1.54) is 13.0 Å². The average molecular weight is 281 g/mol. The fourth-order valence-corrected chi connectivity index (χ4v) is 1.80. The number of nitrogens with one attached hydrogen (secondary N) is 1. The molecule has 0 aliphatic heterocycles. The van der Waals surface area contributed by atoms with Crippen LogP contribution in [0.15, 0.2) is 18.2 Å². The summed E-state index contributed by atoms with van der Waals surface area (Å²) < 4.78 is 19.4. The third-order valence-electron chi connectivity index (χ3n) is 2.91. The summed E-state index contributed by atoms with van der Waals surface area (Å²) in [6, 6.07) is 5.11. The van der Waals surface area contributed by atoms with Gasteiger partial charge < -0.3 is 14.8 Å². The highest BCUT2D eigenvalue weighted by Crippen LogP contribution is 2.19. The molecule has 1 N–H and O–H groups in total. The Morgan fingerprint density at radius 2 is 2.05 bits per heavy atom. The van der Waals surface area contributed by atoms with Crippen molar-refractivity contribution in [2.45, 2.75) is 52.7 Å². The third kappa shape index (κ3) is 6.15. The van der Waals surface area contributed by atoms with E-state index < -0.39 is 0 Å². The van der Waals surface area contributed by atoms with Gasteiger partial charge in [0.15, 0.2) is 0 Å². The van der Waals surface area contributed by atoms with E-state index in [1.54, 1.807) is 12.1 Å². The first-order chi connectivity index (χ1) is 9.38. The zero-order chi connectivity index (χ0) is 15.1. The lowest BCUT2D eigenvalue weighted by atomic mass is 10.1. The zero-order valence-electron chi connectivity index (χ0n) is 12.7. The van der Waals surface area contributed by atoms with Gasteiger partial charge in [-0.3, -0.25) is 0 Å². The van der Waals surface area contributed by atoms with E-state index in [9.17, 15) is 9.18 Å². The van der Waals surface area contributed by atoms with Gasteiger partial charge >= 0.3 is 0 Å². The monoisotopic (exact) mass is 281 g/mol. The highest BCUT2D eigenvalue weighted by atomic mass is 19.1. The normalized spacial score (nSPS) is 12.5. The van der Waals surface area contributed by atoms with Crippen LogP contribution in [0.1, 0.15) is 39.7 Å². The van der Waals surface area contributed by atoms with Crippen LogP contribution in [-0.4, -0.2) is 24.5 Å². The summed E-state index contributed by atoms with van der Waals surface area (Å²) in [7, 11) is 0. The smallest absolute Gasteiger partial charge is 0.130 e. The molecule has 0 radical (unpaired) electrons. The van der Waals surface area contributed by atoms with Crippen molar-refractivity contribution in [1.29, 1.82) is 0 Å². The Morgan fingerprint density at radius 3 is 2.65 bits per heavy atom. The number of hydrogen-bond acceptors (Lipinski definition) is 3. The minimum Gasteiger partial charge on any atom is -0.489 e. The maximum atomic E-state index is 13.6. The molecule has 0 bridgehead atoms. The second-order valence-electron chi connectivity index (χ2n) is 5.45. The highest BCUT2D eigenvalue weighted by molar-refractivity contribution is 5.75. The molecular weight excluding hydrogens is 257 g/mol. The molecule has 112 valence electrons. The first kappa shape index (κ1) is 16.6. The van der Waals surface area contributed by atoms with Crippen molar-refractivity contribution in [3.05, 3.63) is 29.6 Å². The van der Waals surface area contributed by atoms with Crippen molar-refractivity contribution >= 4 is 5.78 Å². The van der Waals surface area contributed by atoms with Crippen LogP contribution < -0.4 is 10.1 Å². The van der Waals surface area contributed by atoms with Gasteiger partial charge in [0.1, 0.15) is 23.5 Å². The van der Waals surface area contributed by atoms with Gasteiger partial charge in [-0.05, 0) is 44.0 Å². The van der Waals surface area contributed by atoms with Crippen LogP contribution in [0.25, 0.3) is 0 Å². The molecule has 0 aliphatic rings. The second kappa shape index (κ2) is 8.00. The van der Waals surface area contributed by atoms with Crippen molar-refractivity contribution in [1.82, 2.24) is 5.32 Å². The van der Waals surface area contributed by atoms with Gasteiger partial charge in [-0.25, -0.2) is 4.39 Å². The van der Waals surface area contributed by atoms with Crippen LogP contribution in [-0.2, 0) is 11.2 Å². The fraction of sp³-hybridized carbons (Fsp3) is 0.562. The molecule has 3 nitrogen and oxygen atoms in total. The third-order valence-corrected chi connectivity index (χ3v) is 2.91. The summed E-state index contributed by atoms with van der Waals surface area (Å²) in [6.45, 7) is 8.36. The summed E-state index contributed by atoms with van der Waals surface area (Å²) in [4.78, 5) is 11.0. The summed E-state index contributed by atoms with van der Waals surface area (Å²) in [5.74, 6) is 0.416. The summed E-state index contributed by atoms with van der Waals surface area (Å²) >= 11 is 0. The highest BCUT2D eigenvalue weighted by Gasteiger charge is 2.09. The summed E-state index contributed by atoms with van der Waals surface area (Å²) in [6.07, 6.45) is 0.769. The summed E-state index contributed by atoms with van der Waals surface area (Å²) in [5.41, 5.74) is 0.529. The molecule has 0 aliphatic carbocycles. The Hall–Kier alpha value is -1.42. The quantitative estimate of drug-likeness (QED) is 0.795. The molecule has 1 unspecified atom stereocenters. The minimum absolute atomic E-state index is 0.00326. The van der Waals surface area contributed by atoms with Gasteiger partial charge in [-0.15, -0.1) is 0 Å². The van der Waals surface area contributed by atoms with Crippen molar-refractivity contribution < 1.29 is 13.9 Å². The molecule has 0 fully saturated rings. The number of ketones is 1. The van der Waals surface area contributed by atoms with Crippen LogP contribution in [0, 0.1) is 5.82 Å². The van der Waals surface area contributed by atoms with Crippen molar-refractivity contribution in [2.75, 3.05) is 6.54 Å². The van der Waals surface area contributed by atoms with E-state index in [0.29, 0.717) is 30.2 Å². The van der Waals surface area contributed by atoms with Gasteiger partial charge in [-0.2, -0.15) is 0 Å². The van der Waals surface area contributed by atoms with E-state index in [0.717, 1.165) is 6.54 Å². The zero-order valence-corrected chi connectivity index (χ0v) is 12.7. The first-order valence-corrected chi connectivity index (χ1v) is 7.06. The topological polar surface area (TPSA) is 38.3 Å². The molecule has 0 heterocycles. The lowest BCUT2D eigenvalue weighted by Crippen LogP contribution is -2.33. The van der Waals surface area contributed by atoms with Gasteiger partial charge in [0.25, 0.3) is 0 Å². The van der Waals surface area contributed by atoms with Gasteiger partial charge in [0.2, 0.25) is 0 Å². The van der Waals surface area contributed by atoms with E-state index >= 15 is 0 Å². The number of rotatable bonds is 8. The molecule has 0 amide bonds. The number of Topliss-reactive ketones (excluding diaryl/α,β-unsaturated/α-hetero) is 1. The largest absolute Gasteiger partial charge is 0.489 e. The number of carbonyl (C=O) groups excluding carboxylic acids is 1. The SMILES string of the molecule is CC(=O)CCc1cc(OC(C)CNC(C)C)ccc1F. The van der Waals surface area contributed by atoms with Gasteiger partial charge in [-0.1, -0.05) is 13.8 Å². The lowest BCUT2D eigenvalue weighted by Gasteiger charge is -2.17. The van der Waals surface area contributed by atoms with Gasteiger partial charge in [0, 0.05) is 19.0 Å². The van der Waals surface area contributed by atoms with Crippen LogP contribution >= 0.6 is 0 Å². The molecule has 1 aromatic rings. The maximum Gasteiger partial charge on any atom is 0.130 e. The Bertz CT molecular complexity index is 446. The number of carbonyl (C=O) groups is 1. The standard InChI is InChI=1S/C16H24FNO2/c1-11(2)18-10-13(4)20-15-7-8-16(17)14(9-15)6-5-12(3)19/h7-9,11,13,18H,5-6,10H2,1-4H3. The van der Waals surface area contributed by atoms with Crippen LogP contribution in [0.5, 0.6) is 5.75 Å². The Kier molecular flexibility index (Phi) is 6.65. The maximum absolute atomic E-state index is 13.6. The van der Waals surface area contributed by atoms with Crippen LogP contribution in [0.2, 0.25) is 0 Å². The molecule has 0 spiro atoms. The van der Waals surface area contributed by atoms with E-state index in [2.05, 4.69) is 19.2 Å². The van der Waals surface area contributed by atoms with E-state index in [-0.39, 0.29) is 17.7 Å². The minimum atomic E-state index is -0.286. The number of ether oxygens (including phenoxy) is 1. The number of aryl methyl sites for hydroxylation is 1. The Balaban J connectivity index is 2.62. The molecule has 0 saturated carbocycles. The van der Waals surface area contributed by atoms with Crippen molar-refractivity contribution in [3.8, 4) is 5.75 Å². The molecule has 4 heteroatoms. The molecule has 1 rings (SSSR count). The Morgan fingerprint density at radius 1 is 1.35 bits per heavy atom. The Labute approximate surface area is 120 Å². The number of halogens is 1. The summed E-state index contributed by atoms with van der Waals surface area (Å²) in [5, 5.41) is 3.29. The fourth-order valence-electron chi connectivity index (χ4n) is 1.80. The molecule has 1 aromatic carbocycles. The number of benzene rings is 1. The molecule has 20 heavy (non-hydrogen) atoms. The molecular formula is C16H24FNO2. The van der Waals surface area contributed by atoms with E-state index in [4.69, 9.17) is 4.74 Å². The van der Waals surface area contributed by atoms with Gasteiger partial charge in [0.05, 0.1) is 0 Å². The number of hydrogen-bond donors (Lipinski definition) is 1.